The predicted molar refractivity (Wildman–Crippen MR) is 72.3 cm³/mol. The summed E-state index contributed by atoms with van der Waals surface area (Å²) in [6.45, 7) is 1.95. The zero-order valence-corrected chi connectivity index (χ0v) is 11.9. The van der Waals surface area contributed by atoms with Gasteiger partial charge in [-0.3, -0.25) is 14.0 Å². The summed E-state index contributed by atoms with van der Waals surface area (Å²) in [6, 6.07) is 1.16. The molecule has 2 aromatic rings. The summed E-state index contributed by atoms with van der Waals surface area (Å²) < 4.78 is 1.99. The number of carbonyl (C=O) groups is 1. The lowest BCUT2D eigenvalue weighted by atomic mass is 10.1. The molecule has 0 spiro atoms. The van der Waals surface area contributed by atoms with Crippen LogP contribution in [0.15, 0.2) is 10.9 Å². The molecule has 0 fully saturated rings. The maximum atomic E-state index is 11.8. The van der Waals surface area contributed by atoms with E-state index < -0.39 is 36.4 Å². The fraction of sp³-hybridized carbons (Fsp3) is 0.500. The lowest BCUT2D eigenvalue weighted by molar-refractivity contribution is -0.0806. The van der Waals surface area contributed by atoms with E-state index in [0.717, 1.165) is 10.6 Å². The SMILES string of the molecule is CC(=O)n1c(=O)cc(C)n2c([C@@H](O)[C@H](O)[C@H](O)CO)nnc12. The normalized spacial score (nSPS) is 15.7. The fourth-order valence-electron chi connectivity index (χ4n) is 2.14. The van der Waals surface area contributed by atoms with Crippen LogP contribution >= 0.6 is 0 Å². The smallest absolute Gasteiger partial charge is 0.261 e. The average Bonchev–Trinajstić information content (AvgIpc) is 2.89. The van der Waals surface area contributed by atoms with Crippen LogP contribution < -0.4 is 5.56 Å². The summed E-state index contributed by atoms with van der Waals surface area (Å²) in [5.41, 5.74) is -0.260. The third-order valence-corrected chi connectivity index (χ3v) is 3.26. The lowest BCUT2D eigenvalue weighted by Gasteiger charge is -2.20. The zero-order chi connectivity index (χ0) is 16.6. The number of aliphatic hydroxyl groups excluding tert-OH is 4. The van der Waals surface area contributed by atoms with Gasteiger partial charge in [-0.15, -0.1) is 10.2 Å². The summed E-state index contributed by atoms with van der Waals surface area (Å²) in [4.78, 5) is 23.4. The average molecular weight is 312 g/mol. The molecule has 0 aliphatic carbocycles. The number of hydrogen-bond acceptors (Lipinski definition) is 8. The molecule has 0 radical (unpaired) electrons. The van der Waals surface area contributed by atoms with E-state index >= 15 is 0 Å². The zero-order valence-electron chi connectivity index (χ0n) is 11.9. The molecule has 0 saturated carbocycles. The molecule has 4 N–H and O–H groups in total. The van der Waals surface area contributed by atoms with Crippen molar-refractivity contribution in [3.05, 3.63) is 27.9 Å². The van der Waals surface area contributed by atoms with Gasteiger partial charge in [-0.25, -0.2) is 4.57 Å². The molecule has 0 bridgehead atoms. The number of hydrogen-bond donors (Lipinski definition) is 4. The van der Waals surface area contributed by atoms with Crippen LogP contribution in [0.3, 0.4) is 0 Å². The van der Waals surface area contributed by atoms with E-state index in [1.54, 1.807) is 0 Å². The monoisotopic (exact) mass is 312 g/mol. The molecule has 0 aliphatic heterocycles. The first-order chi connectivity index (χ1) is 10.3. The maximum Gasteiger partial charge on any atom is 0.261 e. The molecule has 10 heteroatoms. The molecule has 22 heavy (non-hydrogen) atoms. The standard InChI is InChI=1S/C12H16N4O6/c1-5-3-8(20)16(6(2)18)12-14-13-11(15(5)12)10(22)9(21)7(19)4-17/h3,7,9-10,17,19,21-22H,4H2,1-2H3/t7-,9-,10+/m1/s1. The van der Waals surface area contributed by atoms with Crippen molar-refractivity contribution in [2.24, 2.45) is 0 Å². The van der Waals surface area contributed by atoms with Gasteiger partial charge in [0.2, 0.25) is 11.7 Å². The molecule has 0 aliphatic rings. The van der Waals surface area contributed by atoms with E-state index in [2.05, 4.69) is 10.2 Å². The van der Waals surface area contributed by atoms with Crippen LogP contribution in [0.4, 0.5) is 0 Å². The van der Waals surface area contributed by atoms with Gasteiger partial charge >= 0.3 is 0 Å². The molecule has 0 unspecified atom stereocenters. The lowest BCUT2D eigenvalue weighted by Crippen LogP contribution is -2.36. The van der Waals surface area contributed by atoms with Gasteiger partial charge in [-0.1, -0.05) is 0 Å². The first-order valence-electron chi connectivity index (χ1n) is 6.43. The quantitative estimate of drug-likeness (QED) is 0.488. The van der Waals surface area contributed by atoms with Crippen molar-refractivity contribution < 1.29 is 25.2 Å². The molecule has 0 saturated heterocycles. The number of nitrogens with zero attached hydrogens (tertiary/aromatic N) is 4. The van der Waals surface area contributed by atoms with Crippen molar-refractivity contribution in [1.82, 2.24) is 19.2 Å². The third kappa shape index (κ3) is 2.52. The highest BCUT2D eigenvalue weighted by Crippen LogP contribution is 2.19. The van der Waals surface area contributed by atoms with Crippen LogP contribution in [-0.4, -0.2) is 64.3 Å². The second-order valence-corrected chi connectivity index (χ2v) is 4.86. The first kappa shape index (κ1) is 16.2. The summed E-state index contributed by atoms with van der Waals surface area (Å²) in [5.74, 6) is -0.862. The van der Waals surface area contributed by atoms with Crippen molar-refractivity contribution in [2.45, 2.75) is 32.2 Å². The van der Waals surface area contributed by atoms with Gasteiger partial charge in [0.15, 0.2) is 5.82 Å². The second-order valence-electron chi connectivity index (χ2n) is 4.86. The Kier molecular flexibility index (Phi) is 4.37. The van der Waals surface area contributed by atoms with Crippen LogP contribution in [0.2, 0.25) is 0 Å². The van der Waals surface area contributed by atoms with Gasteiger partial charge in [0, 0.05) is 18.7 Å². The highest BCUT2D eigenvalue weighted by Gasteiger charge is 2.30. The maximum absolute atomic E-state index is 11.8. The topological polar surface area (TPSA) is 150 Å². The molecular weight excluding hydrogens is 296 g/mol. The molecule has 10 nitrogen and oxygen atoms in total. The first-order valence-corrected chi connectivity index (χ1v) is 6.43. The Hall–Kier alpha value is -2.14. The van der Waals surface area contributed by atoms with E-state index in [1.165, 1.54) is 18.2 Å². The molecular formula is C12H16N4O6. The van der Waals surface area contributed by atoms with Crippen molar-refractivity contribution in [3.8, 4) is 0 Å². The summed E-state index contributed by atoms with van der Waals surface area (Å²) >= 11 is 0. The molecule has 2 heterocycles. The van der Waals surface area contributed by atoms with Crippen molar-refractivity contribution >= 4 is 11.7 Å². The molecule has 2 rings (SSSR count). The Morgan fingerprint density at radius 2 is 1.95 bits per heavy atom. The molecule has 2 aromatic heterocycles. The fourth-order valence-corrected chi connectivity index (χ4v) is 2.14. The van der Waals surface area contributed by atoms with Gasteiger partial charge in [0.05, 0.1) is 6.61 Å². The Bertz CT molecular complexity index is 767. The van der Waals surface area contributed by atoms with Crippen LogP contribution in [0, 0.1) is 6.92 Å². The molecule has 0 aromatic carbocycles. The van der Waals surface area contributed by atoms with Gasteiger partial charge < -0.3 is 20.4 Å². The molecule has 120 valence electrons. The van der Waals surface area contributed by atoms with Crippen LogP contribution in [-0.2, 0) is 0 Å². The minimum absolute atomic E-state index is 0.114. The van der Waals surface area contributed by atoms with Gasteiger partial charge in [0.25, 0.3) is 5.56 Å². The Morgan fingerprint density at radius 1 is 1.32 bits per heavy atom. The van der Waals surface area contributed by atoms with Crippen molar-refractivity contribution in [1.29, 1.82) is 0 Å². The van der Waals surface area contributed by atoms with Crippen molar-refractivity contribution in [3.63, 3.8) is 0 Å². The van der Waals surface area contributed by atoms with E-state index in [9.17, 15) is 24.9 Å². The minimum atomic E-state index is -1.71. The van der Waals surface area contributed by atoms with E-state index in [-0.39, 0.29) is 11.6 Å². The number of rotatable bonds is 4. The Labute approximate surface area is 123 Å². The number of aromatic nitrogens is 4. The number of carbonyl (C=O) groups excluding carboxylic acids is 1. The Morgan fingerprint density at radius 3 is 2.50 bits per heavy atom. The Balaban J connectivity index is 2.66. The highest BCUT2D eigenvalue weighted by molar-refractivity contribution is 5.79. The van der Waals surface area contributed by atoms with E-state index in [1.807, 2.05) is 0 Å². The summed E-state index contributed by atoms with van der Waals surface area (Å²) in [7, 11) is 0. The van der Waals surface area contributed by atoms with Gasteiger partial charge in [-0.05, 0) is 6.92 Å². The predicted octanol–water partition coefficient (Wildman–Crippen LogP) is -2.39. The van der Waals surface area contributed by atoms with E-state index in [4.69, 9.17) is 5.11 Å². The summed E-state index contributed by atoms with van der Waals surface area (Å²) in [6.07, 6.45) is -4.97. The van der Waals surface area contributed by atoms with Gasteiger partial charge in [0.1, 0.15) is 18.3 Å². The second kappa shape index (κ2) is 5.93. The van der Waals surface area contributed by atoms with E-state index in [0.29, 0.717) is 5.69 Å². The van der Waals surface area contributed by atoms with Crippen LogP contribution in [0.1, 0.15) is 29.3 Å². The third-order valence-electron chi connectivity index (χ3n) is 3.26. The largest absolute Gasteiger partial charge is 0.394 e. The van der Waals surface area contributed by atoms with Gasteiger partial charge in [-0.2, -0.15) is 0 Å². The number of aryl methyl sites for hydroxylation is 1. The number of aliphatic hydroxyl groups is 4. The molecule has 3 atom stereocenters. The highest BCUT2D eigenvalue weighted by atomic mass is 16.4. The molecule has 0 amide bonds. The van der Waals surface area contributed by atoms with Crippen molar-refractivity contribution in [2.75, 3.05) is 6.61 Å². The van der Waals surface area contributed by atoms with Crippen LogP contribution in [0.25, 0.3) is 5.78 Å². The number of fused-ring (bicyclic) bond motifs is 1. The summed E-state index contributed by atoms with van der Waals surface area (Å²) in [5, 5.41) is 45.4. The van der Waals surface area contributed by atoms with Crippen LogP contribution in [0.5, 0.6) is 0 Å². The minimum Gasteiger partial charge on any atom is -0.394 e.